The number of nitrogens with two attached hydrogens (primary N) is 1. The molecule has 0 aliphatic carbocycles. The first-order valence-electron chi connectivity index (χ1n) is 5.39. The Labute approximate surface area is 111 Å². The third kappa shape index (κ3) is 2.46. The number of hydrogen-bond donors (Lipinski definition) is 2. The van der Waals surface area contributed by atoms with Crippen molar-refractivity contribution in [1.29, 1.82) is 0 Å². The molecule has 3 N–H and O–H groups in total. The number of hydrogen-bond acceptors (Lipinski definition) is 5. The van der Waals surface area contributed by atoms with E-state index in [1.807, 2.05) is 37.2 Å². The van der Waals surface area contributed by atoms with Crippen LogP contribution in [-0.4, -0.2) is 24.1 Å². The van der Waals surface area contributed by atoms with Gasteiger partial charge in [-0.2, -0.15) is 0 Å². The summed E-state index contributed by atoms with van der Waals surface area (Å²) in [6.07, 6.45) is 1.46. The number of halogens is 1. The Kier molecular flexibility index (Phi) is 3.53. The van der Waals surface area contributed by atoms with Crippen LogP contribution in [0.15, 0.2) is 30.6 Å². The minimum Gasteiger partial charge on any atom is -0.393 e. The van der Waals surface area contributed by atoms with Gasteiger partial charge >= 0.3 is 0 Å². The molecule has 1 heterocycles. The largest absolute Gasteiger partial charge is 0.393 e. The fraction of sp³-hybridized carbons (Fsp3) is 0.167. The minimum atomic E-state index is 0.488. The number of anilines is 4. The van der Waals surface area contributed by atoms with E-state index in [-0.39, 0.29) is 0 Å². The van der Waals surface area contributed by atoms with Gasteiger partial charge in [0.05, 0.1) is 10.7 Å². The molecule has 0 bridgehead atoms. The first-order valence-corrected chi connectivity index (χ1v) is 5.76. The Morgan fingerprint density at radius 3 is 2.61 bits per heavy atom. The summed E-state index contributed by atoms with van der Waals surface area (Å²) in [5.74, 6) is 1.21. The van der Waals surface area contributed by atoms with Gasteiger partial charge in [0.25, 0.3) is 0 Å². The van der Waals surface area contributed by atoms with Crippen LogP contribution in [0.5, 0.6) is 0 Å². The van der Waals surface area contributed by atoms with E-state index in [0.717, 1.165) is 5.69 Å². The summed E-state index contributed by atoms with van der Waals surface area (Å²) >= 11 is 6.07. The van der Waals surface area contributed by atoms with Gasteiger partial charge in [-0.05, 0) is 12.1 Å². The van der Waals surface area contributed by atoms with Crippen molar-refractivity contribution >= 4 is 34.6 Å². The lowest BCUT2D eigenvalue weighted by Gasteiger charge is -2.16. The molecule has 0 radical (unpaired) electrons. The molecule has 2 rings (SSSR count). The highest BCUT2D eigenvalue weighted by Crippen LogP contribution is 2.30. The molecule has 0 aliphatic rings. The third-order valence-corrected chi connectivity index (χ3v) is 2.74. The monoisotopic (exact) mass is 263 g/mol. The zero-order valence-corrected chi connectivity index (χ0v) is 10.9. The summed E-state index contributed by atoms with van der Waals surface area (Å²) in [5.41, 5.74) is 7.26. The van der Waals surface area contributed by atoms with E-state index in [1.165, 1.54) is 6.33 Å². The maximum absolute atomic E-state index is 6.07. The number of benzene rings is 1. The highest BCUT2D eigenvalue weighted by atomic mass is 35.5. The lowest BCUT2D eigenvalue weighted by molar-refractivity contribution is 1.04. The lowest BCUT2D eigenvalue weighted by atomic mass is 10.3. The summed E-state index contributed by atoms with van der Waals surface area (Å²) in [4.78, 5) is 10.1. The molecule has 0 unspecified atom stereocenters. The summed E-state index contributed by atoms with van der Waals surface area (Å²) in [5, 5.41) is 3.71. The lowest BCUT2D eigenvalue weighted by Crippen LogP contribution is -2.14. The highest BCUT2D eigenvalue weighted by Gasteiger charge is 2.10. The van der Waals surface area contributed by atoms with Gasteiger partial charge in [-0.3, -0.25) is 0 Å². The Bertz CT molecular complexity index is 556. The molecule has 1 aromatic carbocycles. The van der Waals surface area contributed by atoms with E-state index < -0.39 is 0 Å². The maximum atomic E-state index is 6.07. The van der Waals surface area contributed by atoms with Crippen molar-refractivity contribution in [2.45, 2.75) is 0 Å². The number of para-hydroxylation sites is 1. The molecule has 0 spiro atoms. The minimum absolute atomic E-state index is 0.488. The van der Waals surface area contributed by atoms with Gasteiger partial charge in [-0.15, -0.1) is 0 Å². The van der Waals surface area contributed by atoms with Crippen molar-refractivity contribution in [3.8, 4) is 0 Å². The molecule has 0 aliphatic heterocycles. The van der Waals surface area contributed by atoms with E-state index in [2.05, 4.69) is 15.3 Å². The zero-order valence-electron chi connectivity index (χ0n) is 10.2. The molecule has 1 aromatic heterocycles. The molecule has 0 saturated carbocycles. The van der Waals surface area contributed by atoms with Crippen molar-refractivity contribution in [2.75, 3.05) is 30.0 Å². The second-order valence-electron chi connectivity index (χ2n) is 3.96. The van der Waals surface area contributed by atoms with E-state index >= 15 is 0 Å². The van der Waals surface area contributed by atoms with E-state index in [9.17, 15) is 0 Å². The molecule has 0 fully saturated rings. The smallest absolute Gasteiger partial charge is 0.159 e. The van der Waals surface area contributed by atoms with Crippen molar-refractivity contribution in [2.24, 2.45) is 0 Å². The SMILES string of the molecule is CN(C)c1ncnc(Nc2ccccc2Cl)c1N. The quantitative estimate of drug-likeness (QED) is 0.891. The van der Waals surface area contributed by atoms with Gasteiger partial charge in [0, 0.05) is 14.1 Å². The van der Waals surface area contributed by atoms with Crippen LogP contribution in [0.3, 0.4) is 0 Å². The van der Waals surface area contributed by atoms with Crippen molar-refractivity contribution < 1.29 is 0 Å². The van der Waals surface area contributed by atoms with Crippen molar-refractivity contribution in [1.82, 2.24) is 9.97 Å². The van der Waals surface area contributed by atoms with Crippen LogP contribution in [0.1, 0.15) is 0 Å². The summed E-state index contributed by atoms with van der Waals surface area (Å²) in [6.45, 7) is 0. The molecular weight excluding hydrogens is 250 g/mol. The van der Waals surface area contributed by atoms with Crippen molar-refractivity contribution in [3.05, 3.63) is 35.6 Å². The van der Waals surface area contributed by atoms with Crippen LogP contribution in [0.4, 0.5) is 23.0 Å². The average molecular weight is 264 g/mol. The van der Waals surface area contributed by atoms with Crippen LogP contribution in [0, 0.1) is 0 Å². The highest BCUT2D eigenvalue weighted by molar-refractivity contribution is 6.33. The Morgan fingerprint density at radius 2 is 1.94 bits per heavy atom. The van der Waals surface area contributed by atoms with Gasteiger partial charge in [-0.1, -0.05) is 23.7 Å². The van der Waals surface area contributed by atoms with Gasteiger partial charge < -0.3 is 16.0 Å². The van der Waals surface area contributed by atoms with Crippen LogP contribution >= 0.6 is 11.6 Å². The van der Waals surface area contributed by atoms with Crippen LogP contribution in [0.2, 0.25) is 5.02 Å². The molecule has 5 nitrogen and oxygen atoms in total. The normalized spacial score (nSPS) is 10.2. The third-order valence-electron chi connectivity index (χ3n) is 2.41. The molecule has 94 valence electrons. The predicted octanol–water partition coefficient (Wildman–Crippen LogP) is 2.52. The number of nitrogens with one attached hydrogen (secondary N) is 1. The first kappa shape index (κ1) is 12.4. The molecule has 18 heavy (non-hydrogen) atoms. The molecule has 0 amide bonds. The standard InChI is InChI=1S/C12H14ClN5/c1-18(2)12-10(14)11(15-7-16-12)17-9-6-4-3-5-8(9)13/h3-7H,14H2,1-2H3,(H,15,16,17). The average Bonchev–Trinajstić information content (AvgIpc) is 2.34. The van der Waals surface area contributed by atoms with Crippen LogP contribution in [-0.2, 0) is 0 Å². The maximum Gasteiger partial charge on any atom is 0.159 e. The Hall–Kier alpha value is -2.01. The fourth-order valence-corrected chi connectivity index (χ4v) is 1.72. The first-order chi connectivity index (χ1) is 8.59. The van der Waals surface area contributed by atoms with E-state index in [1.54, 1.807) is 6.07 Å². The van der Waals surface area contributed by atoms with Gasteiger partial charge in [-0.25, -0.2) is 9.97 Å². The molecule has 0 atom stereocenters. The summed E-state index contributed by atoms with van der Waals surface area (Å²) in [7, 11) is 3.75. The van der Waals surface area contributed by atoms with E-state index in [4.69, 9.17) is 17.3 Å². The van der Waals surface area contributed by atoms with E-state index in [0.29, 0.717) is 22.3 Å². The second-order valence-corrected chi connectivity index (χ2v) is 4.37. The van der Waals surface area contributed by atoms with Gasteiger partial charge in [0.2, 0.25) is 0 Å². The molecule has 2 aromatic rings. The van der Waals surface area contributed by atoms with Gasteiger partial charge in [0.15, 0.2) is 11.6 Å². The zero-order chi connectivity index (χ0) is 13.1. The molecular formula is C12H14ClN5. The number of rotatable bonds is 3. The topological polar surface area (TPSA) is 67.1 Å². The van der Waals surface area contributed by atoms with Gasteiger partial charge in [0.1, 0.15) is 12.0 Å². The van der Waals surface area contributed by atoms with Crippen LogP contribution in [0.25, 0.3) is 0 Å². The number of aromatic nitrogens is 2. The number of nitrogens with zero attached hydrogens (tertiary/aromatic N) is 3. The Balaban J connectivity index is 2.36. The predicted molar refractivity (Wildman–Crippen MR) is 75.5 cm³/mol. The summed E-state index contributed by atoms with van der Waals surface area (Å²) < 4.78 is 0. The molecule has 0 saturated heterocycles. The van der Waals surface area contributed by atoms with Crippen molar-refractivity contribution in [3.63, 3.8) is 0 Å². The fourth-order valence-electron chi connectivity index (χ4n) is 1.53. The number of nitrogen functional groups attached to an aromatic ring is 1. The molecule has 6 heteroatoms. The second kappa shape index (κ2) is 5.10. The Morgan fingerprint density at radius 1 is 1.22 bits per heavy atom. The van der Waals surface area contributed by atoms with Crippen LogP contribution < -0.4 is 16.0 Å². The summed E-state index contributed by atoms with van der Waals surface area (Å²) in [6, 6.07) is 7.41.